The van der Waals surface area contributed by atoms with Crippen molar-refractivity contribution in [2.24, 2.45) is 5.92 Å². The minimum absolute atomic E-state index is 0.0262. The highest BCUT2D eigenvalue weighted by atomic mass is 16.5. The summed E-state index contributed by atoms with van der Waals surface area (Å²) in [6.45, 7) is 10.5. The predicted molar refractivity (Wildman–Crippen MR) is 74.0 cm³/mol. The Morgan fingerprint density at radius 1 is 1.32 bits per heavy atom. The Kier molecular flexibility index (Phi) is 3.94. The fraction of sp³-hybridized carbons (Fsp3) is 0.933. The van der Waals surface area contributed by atoms with Gasteiger partial charge in [0.2, 0.25) is 0 Å². The fourth-order valence-corrected chi connectivity index (χ4v) is 3.75. The number of esters is 1. The average Bonchev–Trinajstić information content (AvgIpc) is 2.56. The van der Waals surface area contributed by atoms with Gasteiger partial charge in [0.15, 0.2) is 0 Å². The monoisotopic (exact) mass is 269 g/mol. The summed E-state index contributed by atoms with van der Waals surface area (Å²) in [6.07, 6.45) is 3.03. The van der Waals surface area contributed by atoms with Crippen molar-refractivity contribution in [3.05, 3.63) is 0 Å². The zero-order valence-corrected chi connectivity index (χ0v) is 12.9. The zero-order valence-electron chi connectivity index (χ0n) is 12.9. The molecule has 2 saturated heterocycles. The number of likely N-dealkylation sites (tertiary alicyclic amines) is 1. The van der Waals surface area contributed by atoms with Gasteiger partial charge in [-0.2, -0.15) is 0 Å². The van der Waals surface area contributed by atoms with Gasteiger partial charge in [-0.05, 0) is 53.5 Å². The van der Waals surface area contributed by atoms with Crippen molar-refractivity contribution in [2.45, 2.75) is 64.2 Å². The van der Waals surface area contributed by atoms with E-state index in [1.165, 1.54) is 7.11 Å². The molecular weight excluding hydrogens is 242 g/mol. The summed E-state index contributed by atoms with van der Waals surface area (Å²) in [7, 11) is 1.48. The fourth-order valence-electron chi connectivity index (χ4n) is 3.75. The lowest BCUT2D eigenvalue weighted by molar-refractivity contribution is -0.148. The number of ether oxygens (including phenoxy) is 2. The van der Waals surface area contributed by atoms with Crippen LogP contribution in [-0.2, 0) is 14.3 Å². The lowest BCUT2D eigenvalue weighted by Crippen LogP contribution is -2.51. The first-order valence-corrected chi connectivity index (χ1v) is 7.27. The molecule has 0 aromatic heterocycles. The van der Waals surface area contributed by atoms with Crippen LogP contribution in [0.3, 0.4) is 0 Å². The van der Waals surface area contributed by atoms with Crippen LogP contribution < -0.4 is 0 Å². The van der Waals surface area contributed by atoms with Crippen LogP contribution in [-0.4, -0.2) is 48.3 Å². The maximum Gasteiger partial charge on any atom is 0.309 e. The number of carbonyl (C=O) groups excluding carboxylic acids is 1. The Morgan fingerprint density at radius 3 is 2.53 bits per heavy atom. The summed E-state index contributed by atoms with van der Waals surface area (Å²) in [5.41, 5.74) is -0.228. The second-order valence-corrected chi connectivity index (χ2v) is 7.04. The second kappa shape index (κ2) is 5.06. The molecular formula is C15H27NO3. The smallest absolute Gasteiger partial charge is 0.309 e. The normalized spacial score (nSPS) is 34.2. The molecule has 4 nitrogen and oxygen atoms in total. The Labute approximate surface area is 116 Å². The van der Waals surface area contributed by atoms with Crippen molar-refractivity contribution in [1.29, 1.82) is 0 Å². The van der Waals surface area contributed by atoms with Crippen molar-refractivity contribution in [3.63, 3.8) is 0 Å². The lowest BCUT2D eigenvalue weighted by Gasteiger charge is -2.40. The third-order valence-electron chi connectivity index (χ3n) is 4.45. The minimum Gasteiger partial charge on any atom is -0.469 e. The molecule has 0 amide bonds. The number of hydrogen-bond acceptors (Lipinski definition) is 4. The second-order valence-electron chi connectivity index (χ2n) is 7.04. The van der Waals surface area contributed by atoms with Crippen molar-refractivity contribution in [1.82, 2.24) is 4.90 Å². The van der Waals surface area contributed by atoms with Gasteiger partial charge in [-0.3, -0.25) is 9.69 Å². The highest BCUT2D eigenvalue weighted by molar-refractivity contribution is 5.72. The molecule has 0 aromatic carbocycles. The van der Waals surface area contributed by atoms with E-state index < -0.39 is 0 Å². The van der Waals surface area contributed by atoms with Gasteiger partial charge in [0, 0.05) is 12.6 Å². The topological polar surface area (TPSA) is 38.8 Å². The summed E-state index contributed by atoms with van der Waals surface area (Å²) in [6, 6.07) is 0.384. The molecule has 19 heavy (non-hydrogen) atoms. The van der Waals surface area contributed by atoms with Crippen LogP contribution in [0.2, 0.25) is 0 Å². The largest absolute Gasteiger partial charge is 0.469 e. The van der Waals surface area contributed by atoms with E-state index in [1.807, 2.05) is 0 Å². The molecule has 0 bridgehead atoms. The van der Waals surface area contributed by atoms with Crippen molar-refractivity contribution >= 4 is 5.97 Å². The van der Waals surface area contributed by atoms with Crippen molar-refractivity contribution in [3.8, 4) is 0 Å². The van der Waals surface area contributed by atoms with Crippen LogP contribution in [0.25, 0.3) is 0 Å². The van der Waals surface area contributed by atoms with Crippen molar-refractivity contribution in [2.75, 3.05) is 20.2 Å². The molecule has 110 valence electrons. The van der Waals surface area contributed by atoms with Crippen LogP contribution in [0.5, 0.6) is 0 Å². The first kappa shape index (κ1) is 14.8. The molecule has 2 fully saturated rings. The molecule has 0 saturated carbocycles. The predicted octanol–water partition coefficient (Wildman–Crippen LogP) is 2.22. The van der Waals surface area contributed by atoms with Gasteiger partial charge < -0.3 is 9.47 Å². The quantitative estimate of drug-likeness (QED) is 0.721. The van der Waals surface area contributed by atoms with E-state index in [0.717, 1.165) is 32.4 Å². The molecule has 2 rings (SSSR count). The summed E-state index contributed by atoms with van der Waals surface area (Å²) in [5, 5.41) is 0. The number of methoxy groups -OCH3 is 1. The molecule has 0 aromatic rings. The maximum absolute atomic E-state index is 11.7. The minimum atomic E-state index is -0.151. The number of piperidine rings is 1. The van der Waals surface area contributed by atoms with Crippen LogP contribution in [0, 0.1) is 5.92 Å². The first-order valence-electron chi connectivity index (χ1n) is 7.27. The molecule has 0 N–H and O–H groups in total. The van der Waals surface area contributed by atoms with Crippen LogP contribution >= 0.6 is 0 Å². The Balaban J connectivity index is 2.07. The molecule has 4 heteroatoms. The summed E-state index contributed by atoms with van der Waals surface area (Å²) >= 11 is 0. The molecule has 0 aliphatic carbocycles. The van der Waals surface area contributed by atoms with Gasteiger partial charge in [-0.15, -0.1) is 0 Å². The van der Waals surface area contributed by atoms with Crippen LogP contribution in [0.15, 0.2) is 0 Å². The molecule has 2 atom stereocenters. The standard InChI is InChI=1S/C15H27NO3/c1-14(2)9-12(15(3,4)19-14)16-8-6-7-11(10-16)13(17)18-5/h11-12H,6-10H2,1-5H3. The first-order chi connectivity index (χ1) is 8.75. The van der Waals surface area contributed by atoms with Gasteiger partial charge >= 0.3 is 5.97 Å². The molecule has 0 spiro atoms. The van der Waals surface area contributed by atoms with E-state index in [-0.39, 0.29) is 23.1 Å². The van der Waals surface area contributed by atoms with Crippen LogP contribution in [0.1, 0.15) is 47.0 Å². The lowest BCUT2D eigenvalue weighted by atomic mass is 9.89. The van der Waals surface area contributed by atoms with Crippen molar-refractivity contribution < 1.29 is 14.3 Å². The van der Waals surface area contributed by atoms with Gasteiger partial charge in [-0.1, -0.05) is 0 Å². The summed E-state index contributed by atoms with van der Waals surface area (Å²) in [5.74, 6) is -0.0426. The molecule has 2 unspecified atom stereocenters. The van der Waals surface area contributed by atoms with Gasteiger partial charge in [0.05, 0.1) is 24.2 Å². The third kappa shape index (κ3) is 3.11. The maximum atomic E-state index is 11.7. The van der Waals surface area contributed by atoms with E-state index in [9.17, 15) is 4.79 Å². The van der Waals surface area contributed by atoms with E-state index in [0.29, 0.717) is 6.04 Å². The zero-order chi connectivity index (χ0) is 14.3. The average molecular weight is 269 g/mol. The molecule has 2 heterocycles. The number of carbonyl (C=O) groups is 1. The number of nitrogens with zero attached hydrogens (tertiary/aromatic N) is 1. The van der Waals surface area contributed by atoms with E-state index in [2.05, 4.69) is 32.6 Å². The SMILES string of the molecule is COC(=O)C1CCCN(C2CC(C)(C)OC2(C)C)C1. The van der Waals surface area contributed by atoms with Gasteiger partial charge in [0.25, 0.3) is 0 Å². The van der Waals surface area contributed by atoms with Crippen LogP contribution in [0.4, 0.5) is 0 Å². The molecule has 2 aliphatic rings. The van der Waals surface area contributed by atoms with Gasteiger partial charge in [-0.25, -0.2) is 0 Å². The highest BCUT2D eigenvalue weighted by Crippen LogP contribution is 2.41. The Morgan fingerprint density at radius 2 is 2.00 bits per heavy atom. The van der Waals surface area contributed by atoms with Gasteiger partial charge in [0.1, 0.15) is 0 Å². The van der Waals surface area contributed by atoms with E-state index in [1.54, 1.807) is 0 Å². The Bertz CT molecular complexity index is 351. The van der Waals surface area contributed by atoms with E-state index in [4.69, 9.17) is 9.47 Å². The van der Waals surface area contributed by atoms with E-state index >= 15 is 0 Å². The molecule has 0 radical (unpaired) electrons. The highest BCUT2D eigenvalue weighted by Gasteiger charge is 2.49. The number of rotatable bonds is 2. The summed E-state index contributed by atoms with van der Waals surface area (Å²) in [4.78, 5) is 14.2. The summed E-state index contributed by atoms with van der Waals surface area (Å²) < 4.78 is 11.1. The third-order valence-corrected chi connectivity index (χ3v) is 4.45. The number of hydrogen-bond donors (Lipinski definition) is 0. The Hall–Kier alpha value is -0.610. The molecule has 2 aliphatic heterocycles.